The van der Waals surface area contributed by atoms with E-state index in [1.807, 2.05) is 5.57 Å². The van der Waals surface area contributed by atoms with Crippen molar-refractivity contribution in [2.75, 3.05) is 0 Å². The predicted molar refractivity (Wildman–Crippen MR) is 128 cm³/mol. The third-order valence-electron chi connectivity index (χ3n) is 10.2. The first-order valence-electron chi connectivity index (χ1n) is 13.0. The summed E-state index contributed by atoms with van der Waals surface area (Å²) in [5, 5.41) is 10.2. The van der Waals surface area contributed by atoms with Crippen molar-refractivity contribution in [3.8, 4) is 0 Å². The zero-order chi connectivity index (χ0) is 21.7. The quantitative estimate of drug-likeness (QED) is 0.460. The Hall–Kier alpha value is -0.820. The average Bonchev–Trinajstić information content (AvgIpc) is 3.06. The largest absolute Gasteiger partial charge is 0.389 e. The van der Waals surface area contributed by atoms with Crippen LogP contribution in [0.4, 0.5) is 0 Å². The van der Waals surface area contributed by atoms with Crippen molar-refractivity contribution in [1.29, 1.82) is 0 Å². The van der Waals surface area contributed by atoms with Crippen molar-refractivity contribution in [2.24, 2.45) is 46.3 Å². The summed E-state index contributed by atoms with van der Waals surface area (Å²) < 4.78 is 0. The highest BCUT2D eigenvalue weighted by molar-refractivity contribution is 5.36. The van der Waals surface area contributed by atoms with E-state index in [9.17, 15) is 5.11 Å². The lowest BCUT2D eigenvalue weighted by molar-refractivity contribution is 0.0498. The third-order valence-corrected chi connectivity index (χ3v) is 10.2. The lowest BCUT2D eigenvalue weighted by Crippen LogP contribution is -2.46. The Morgan fingerprint density at radius 1 is 1.03 bits per heavy atom. The maximum Gasteiger partial charge on any atom is 0.0724 e. The molecule has 0 amide bonds. The highest BCUT2D eigenvalue weighted by Crippen LogP contribution is 2.66. The van der Waals surface area contributed by atoms with Crippen molar-refractivity contribution >= 4 is 0 Å². The Labute approximate surface area is 186 Å². The zero-order valence-corrected chi connectivity index (χ0v) is 20.5. The van der Waals surface area contributed by atoms with Gasteiger partial charge in [0, 0.05) is 0 Å². The maximum atomic E-state index is 10.2. The number of rotatable bonds is 5. The first kappa shape index (κ1) is 22.4. The number of fused-ring (bicyclic) bond motifs is 5. The van der Waals surface area contributed by atoms with Crippen LogP contribution in [-0.2, 0) is 0 Å². The first-order chi connectivity index (χ1) is 14.2. The van der Waals surface area contributed by atoms with E-state index in [4.69, 9.17) is 0 Å². The summed E-state index contributed by atoms with van der Waals surface area (Å²) in [6, 6.07) is 0. The van der Waals surface area contributed by atoms with Gasteiger partial charge in [-0.3, -0.25) is 0 Å². The SMILES string of the molecule is CC[C@@H](/C=C/[C@@H](C)[C@H]1CC[C@H]2C3=CCC4=C[C@H](O)CC[C@]4(C)[C@H]3CC[C@]12C)C(C)C. The molecule has 1 nitrogen and oxygen atoms in total. The molecule has 0 aromatic heterocycles. The minimum atomic E-state index is -0.210. The Morgan fingerprint density at radius 3 is 2.50 bits per heavy atom. The summed E-state index contributed by atoms with van der Waals surface area (Å²) >= 11 is 0. The van der Waals surface area contributed by atoms with Gasteiger partial charge in [0.25, 0.3) is 0 Å². The summed E-state index contributed by atoms with van der Waals surface area (Å²) in [5.74, 6) is 4.48. The molecule has 168 valence electrons. The Morgan fingerprint density at radius 2 is 1.80 bits per heavy atom. The molecular formula is C29H46O. The number of hydrogen-bond acceptors (Lipinski definition) is 1. The average molecular weight is 411 g/mol. The molecule has 0 spiro atoms. The van der Waals surface area contributed by atoms with Crippen molar-refractivity contribution in [3.63, 3.8) is 0 Å². The summed E-state index contributed by atoms with van der Waals surface area (Å²) in [7, 11) is 0. The Bertz CT molecular complexity index is 727. The second kappa shape index (κ2) is 8.27. The number of aliphatic hydroxyl groups excluding tert-OH is 1. The minimum Gasteiger partial charge on any atom is -0.389 e. The predicted octanol–water partition coefficient (Wildman–Crippen LogP) is 7.72. The third kappa shape index (κ3) is 3.58. The second-order valence-corrected chi connectivity index (χ2v) is 12.0. The molecule has 0 radical (unpaired) electrons. The standard InChI is InChI=1S/C29H46O/c1-7-21(19(2)3)9-8-20(4)25-12-13-26-24-11-10-22-18-23(30)14-16-28(22,5)27(24)15-17-29(25,26)6/h8-9,11,18-21,23,25-27,30H,7,10,12-17H2,1-6H3/b9-8+/t20-,21+,23-,25-,26+,27+,28+,29-/m1/s1. The van der Waals surface area contributed by atoms with Crippen LogP contribution in [-0.4, -0.2) is 11.2 Å². The molecule has 0 heterocycles. The van der Waals surface area contributed by atoms with E-state index in [1.54, 1.807) is 0 Å². The van der Waals surface area contributed by atoms with Crippen LogP contribution >= 0.6 is 0 Å². The molecule has 0 bridgehead atoms. The second-order valence-electron chi connectivity index (χ2n) is 12.0. The van der Waals surface area contributed by atoms with Crippen LogP contribution in [0.1, 0.15) is 92.9 Å². The highest BCUT2D eigenvalue weighted by Gasteiger charge is 2.56. The van der Waals surface area contributed by atoms with E-state index in [0.29, 0.717) is 16.7 Å². The first-order valence-corrected chi connectivity index (χ1v) is 13.0. The lowest BCUT2D eigenvalue weighted by atomic mass is 9.50. The van der Waals surface area contributed by atoms with Crippen LogP contribution in [0.3, 0.4) is 0 Å². The van der Waals surface area contributed by atoms with Gasteiger partial charge in [-0.2, -0.15) is 0 Å². The summed E-state index contributed by atoms with van der Waals surface area (Å²) in [4.78, 5) is 0. The minimum absolute atomic E-state index is 0.210. The molecular weight excluding hydrogens is 364 g/mol. The Balaban J connectivity index is 1.55. The molecule has 2 fully saturated rings. The van der Waals surface area contributed by atoms with Gasteiger partial charge in [0.2, 0.25) is 0 Å². The molecule has 2 saturated carbocycles. The topological polar surface area (TPSA) is 20.2 Å². The van der Waals surface area contributed by atoms with Crippen molar-refractivity contribution in [2.45, 2.75) is 99.0 Å². The van der Waals surface area contributed by atoms with Gasteiger partial charge in [-0.25, -0.2) is 0 Å². The van der Waals surface area contributed by atoms with E-state index in [0.717, 1.165) is 42.4 Å². The molecule has 0 aliphatic heterocycles. The van der Waals surface area contributed by atoms with Crippen LogP contribution in [0.15, 0.2) is 35.5 Å². The fourth-order valence-electron chi connectivity index (χ4n) is 8.19. The molecule has 0 aromatic rings. The van der Waals surface area contributed by atoms with Crippen LogP contribution in [0, 0.1) is 46.3 Å². The normalized spacial score (nSPS) is 42.9. The number of allylic oxidation sites excluding steroid dienone is 5. The molecule has 8 atom stereocenters. The van der Waals surface area contributed by atoms with E-state index in [-0.39, 0.29) is 6.10 Å². The molecule has 4 aliphatic carbocycles. The molecule has 4 rings (SSSR count). The van der Waals surface area contributed by atoms with Gasteiger partial charge in [0.05, 0.1) is 6.10 Å². The molecule has 1 N–H and O–H groups in total. The van der Waals surface area contributed by atoms with Crippen molar-refractivity contribution in [1.82, 2.24) is 0 Å². The van der Waals surface area contributed by atoms with Crippen LogP contribution in [0.25, 0.3) is 0 Å². The number of aliphatic hydroxyl groups is 1. The fraction of sp³-hybridized carbons (Fsp3) is 0.793. The monoisotopic (exact) mass is 410 g/mol. The van der Waals surface area contributed by atoms with E-state index in [2.05, 4.69) is 65.8 Å². The lowest BCUT2D eigenvalue weighted by Gasteiger charge is -2.55. The summed E-state index contributed by atoms with van der Waals surface area (Å²) in [5.41, 5.74) is 4.12. The maximum absolute atomic E-state index is 10.2. The number of hydrogen-bond donors (Lipinski definition) is 1. The van der Waals surface area contributed by atoms with Gasteiger partial charge in [-0.1, -0.05) is 77.0 Å². The fourth-order valence-corrected chi connectivity index (χ4v) is 8.19. The molecule has 30 heavy (non-hydrogen) atoms. The molecule has 1 heteroatoms. The van der Waals surface area contributed by atoms with Gasteiger partial charge < -0.3 is 5.11 Å². The molecule has 0 saturated heterocycles. The van der Waals surface area contributed by atoms with Crippen molar-refractivity contribution in [3.05, 3.63) is 35.5 Å². The van der Waals surface area contributed by atoms with E-state index < -0.39 is 0 Å². The molecule has 4 aliphatic rings. The van der Waals surface area contributed by atoms with Gasteiger partial charge in [-0.05, 0) is 97.7 Å². The molecule has 0 aromatic carbocycles. The van der Waals surface area contributed by atoms with Gasteiger partial charge >= 0.3 is 0 Å². The molecule has 0 unspecified atom stereocenters. The van der Waals surface area contributed by atoms with Crippen LogP contribution in [0.5, 0.6) is 0 Å². The van der Waals surface area contributed by atoms with E-state index in [1.165, 1.54) is 44.1 Å². The summed E-state index contributed by atoms with van der Waals surface area (Å²) in [6.45, 7) is 14.7. The van der Waals surface area contributed by atoms with Crippen LogP contribution in [0.2, 0.25) is 0 Å². The Kier molecular flexibility index (Phi) is 6.17. The van der Waals surface area contributed by atoms with Gasteiger partial charge in [0.15, 0.2) is 0 Å². The van der Waals surface area contributed by atoms with Gasteiger partial charge in [0.1, 0.15) is 0 Å². The van der Waals surface area contributed by atoms with Crippen LogP contribution < -0.4 is 0 Å². The van der Waals surface area contributed by atoms with E-state index >= 15 is 0 Å². The highest BCUT2D eigenvalue weighted by atomic mass is 16.3. The summed E-state index contributed by atoms with van der Waals surface area (Å²) in [6.07, 6.45) is 19.7. The van der Waals surface area contributed by atoms with Gasteiger partial charge in [-0.15, -0.1) is 0 Å². The smallest absolute Gasteiger partial charge is 0.0724 e. The zero-order valence-electron chi connectivity index (χ0n) is 20.5. The van der Waals surface area contributed by atoms with Crippen molar-refractivity contribution < 1.29 is 5.11 Å².